The summed E-state index contributed by atoms with van der Waals surface area (Å²) in [5.41, 5.74) is 8.04. The molecule has 0 saturated heterocycles. The first-order valence-electron chi connectivity index (χ1n) is 8.16. The minimum atomic E-state index is 0.380. The van der Waals surface area contributed by atoms with Crippen molar-refractivity contribution in [1.29, 1.82) is 0 Å². The van der Waals surface area contributed by atoms with Gasteiger partial charge in [0, 0.05) is 6.54 Å². The molecule has 0 amide bonds. The van der Waals surface area contributed by atoms with Gasteiger partial charge < -0.3 is 10.3 Å². The maximum absolute atomic E-state index is 5.72. The lowest BCUT2D eigenvalue weighted by atomic mass is 10.1. The summed E-state index contributed by atoms with van der Waals surface area (Å²) < 4.78 is 2.37. The molecule has 1 atom stereocenters. The second-order valence-electron chi connectivity index (χ2n) is 5.40. The van der Waals surface area contributed by atoms with E-state index in [4.69, 9.17) is 10.7 Å². The van der Waals surface area contributed by atoms with Crippen LogP contribution in [0.25, 0.3) is 11.0 Å². The molecule has 116 valence electrons. The molecule has 1 aromatic carbocycles. The zero-order chi connectivity index (χ0) is 15.2. The van der Waals surface area contributed by atoms with E-state index in [9.17, 15) is 0 Å². The first-order chi connectivity index (χ1) is 10.3. The Hall–Kier alpha value is -1.39. The van der Waals surface area contributed by atoms with Crippen molar-refractivity contribution in [1.82, 2.24) is 14.5 Å². The third kappa shape index (κ3) is 3.27. The Kier molecular flexibility index (Phi) is 5.76. The zero-order valence-electron chi connectivity index (χ0n) is 13.5. The molecule has 0 bridgehead atoms. The van der Waals surface area contributed by atoms with E-state index < -0.39 is 0 Å². The van der Waals surface area contributed by atoms with Crippen LogP contribution in [0.2, 0.25) is 0 Å². The number of benzene rings is 1. The highest BCUT2D eigenvalue weighted by Crippen LogP contribution is 2.27. The standard InChI is InChI=1S/C17H28N4/c1-4-15(20(5-2)6-3)17-19-14-10-7-8-11-16(14)21(17)13-9-12-18/h7-8,10-11,15H,4-6,9,12-13,18H2,1-3H3. The summed E-state index contributed by atoms with van der Waals surface area (Å²) in [6.07, 6.45) is 2.07. The average molecular weight is 288 g/mol. The van der Waals surface area contributed by atoms with E-state index in [0.29, 0.717) is 12.6 Å². The van der Waals surface area contributed by atoms with Gasteiger partial charge in [-0.25, -0.2) is 4.98 Å². The molecule has 1 heterocycles. The molecule has 0 aliphatic rings. The smallest absolute Gasteiger partial charge is 0.127 e. The maximum atomic E-state index is 5.72. The summed E-state index contributed by atoms with van der Waals surface area (Å²) in [7, 11) is 0. The number of imidazole rings is 1. The van der Waals surface area contributed by atoms with E-state index in [1.54, 1.807) is 0 Å². The van der Waals surface area contributed by atoms with E-state index in [-0.39, 0.29) is 0 Å². The molecule has 2 rings (SSSR count). The van der Waals surface area contributed by atoms with Gasteiger partial charge in [0.15, 0.2) is 0 Å². The van der Waals surface area contributed by atoms with Crippen LogP contribution in [0.4, 0.5) is 0 Å². The van der Waals surface area contributed by atoms with Crippen molar-refractivity contribution in [2.45, 2.75) is 46.2 Å². The Morgan fingerprint density at radius 2 is 1.90 bits per heavy atom. The van der Waals surface area contributed by atoms with E-state index >= 15 is 0 Å². The van der Waals surface area contributed by atoms with Crippen molar-refractivity contribution < 1.29 is 0 Å². The molecular formula is C17H28N4. The molecular weight excluding hydrogens is 260 g/mol. The molecule has 0 aliphatic heterocycles. The van der Waals surface area contributed by atoms with Crippen molar-refractivity contribution in [3.63, 3.8) is 0 Å². The second kappa shape index (κ2) is 7.57. The monoisotopic (exact) mass is 288 g/mol. The molecule has 0 aliphatic carbocycles. The third-order valence-electron chi connectivity index (χ3n) is 4.21. The Morgan fingerprint density at radius 1 is 1.19 bits per heavy atom. The highest BCUT2D eigenvalue weighted by atomic mass is 15.2. The average Bonchev–Trinajstić information content (AvgIpc) is 2.88. The molecule has 4 nitrogen and oxygen atoms in total. The van der Waals surface area contributed by atoms with Crippen molar-refractivity contribution in [2.24, 2.45) is 5.73 Å². The number of hydrogen-bond donors (Lipinski definition) is 1. The van der Waals surface area contributed by atoms with Gasteiger partial charge in [-0.05, 0) is 44.6 Å². The highest BCUT2D eigenvalue weighted by Gasteiger charge is 2.22. The molecule has 21 heavy (non-hydrogen) atoms. The van der Waals surface area contributed by atoms with Crippen LogP contribution < -0.4 is 5.73 Å². The summed E-state index contributed by atoms with van der Waals surface area (Å²) in [6, 6.07) is 8.80. The number of para-hydroxylation sites is 2. The molecule has 4 heteroatoms. The lowest BCUT2D eigenvalue weighted by molar-refractivity contribution is 0.200. The van der Waals surface area contributed by atoms with Gasteiger partial charge in [-0.15, -0.1) is 0 Å². The van der Waals surface area contributed by atoms with Gasteiger partial charge in [-0.2, -0.15) is 0 Å². The normalized spacial score (nSPS) is 13.2. The number of aromatic nitrogens is 2. The Labute approximate surface area is 128 Å². The Morgan fingerprint density at radius 3 is 2.52 bits per heavy atom. The fraction of sp³-hybridized carbons (Fsp3) is 0.588. The summed E-state index contributed by atoms with van der Waals surface area (Å²) in [4.78, 5) is 7.42. The van der Waals surface area contributed by atoms with Gasteiger partial charge in [0.1, 0.15) is 5.82 Å². The summed E-state index contributed by atoms with van der Waals surface area (Å²) in [6.45, 7) is 10.5. The van der Waals surface area contributed by atoms with Crippen LogP contribution in [0.15, 0.2) is 24.3 Å². The molecule has 2 aromatic rings. The lowest BCUT2D eigenvalue weighted by Crippen LogP contribution is -2.30. The zero-order valence-corrected chi connectivity index (χ0v) is 13.5. The van der Waals surface area contributed by atoms with E-state index in [2.05, 4.69) is 54.5 Å². The van der Waals surface area contributed by atoms with Gasteiger partial charge in [0.2, 0.25) is 0 Å². The molecule has 0 saturated carbocycles. The summed E-state index contributed by atoms with van der Waals surface area (Å²) >= 11 is 0. The van der Waals surface area contributed by atoms with Crippen molar-refractivity contribution in [3.05, 3.63) is 30.1 Å². The first kappa shape index (κ1) is 16.0. The van der Waals surface area contributed by atoms with E-state index in [1.807, 2.05) is 0 Å². The van der Waals surface area contributed by atoms with Gasteiger partial charge in [0.25, 0.3) is 0 Å². The molecule has 2 N–H and O–H groups in total. The van der Waals surface area contributed by atoms with Crippen LogP contribution in [-0.2, 0) is 6.54 Å². The minimum Gasteiger partial charge on any atom is -0.330 e. The van der Waals surface area contributed by atoms with Crippen LogP contribution in [0.5, 0.6) is 0 Å². The predicted molar refractivity (Wildman–Crippen MR) is 89.4 cm³/mol. The Balaban J connectivity index is 2.49. The van der Waals surface area contributed by atoms with E-state index in [0.717, 1.165) is 38.0 Å². The Bertz CT molecular complexity index is 557. The van der Waals surface area contributed by atoms with Gasteiger partial charge in [0.05, 0.1) is 17.1 Å². The van der Waals surface area contributed by atoms with Crippen molar-refractivity contribution in [3.8, 4) is 0 Å². The molecule has 0 fully saturated rings. The molecule has 0 spiro atoms. The third-order valence-corrected chi connectivity index (χ3v) is 4.21. The topological polar surface area (TPSA) is 47.1 Å². The molecule has 0 radical (unpaired) electrons. The highest BCUT2D eigenvalue weighted by molar-refractivity contribution is 5.76. The van der Waals surface area contributed by atoms with Crippen LogP contribution in [0.3, 0.4) is 0 Å². The fourth-order valence-corrected chi connectivity index (χ4v) is 3.10. The number of hydrogen-bond acceptors (Lipinski definition) is 3. The molecule has 1 unspecified atom stereocenters. The number of nitrogens with zero attached hydrogens (tertiary/aromatic N) is 3. The number of fused-ring (bicyclic) bond motifs is 1. The second-order valence-corrected chi connectivity index (χ2v) is 5.40. The molecule has 1 aromatic heterocycles. The van der Waals surface area contributed by atoms with Crippen molar-refractivity contribution in [2.75, 3.05) is 19.6 Å². The minimum absolute atomic E-state index is 0.380. The van der Waals surface area contributed by atoms with Crippen LogP contribution in [0, 0.1) is 0 Å². The van der Waals surface area contributed by atoms with Gasteiger partial charge >= 0.3 is 0 Å². The summed E-state index contributed by atoms with van der Waals surface area (Å²) in [5.74, 6) is 1.19. The lowest BCUT2D eigenvalue weighted by Gasteiger charge is -2.28. The van der Waals surface area contributed by atoms with Crippen LogP contribution in [-0.4, -0.2) is 34.1 Å². The summed E-state index contributed by atoms with van der Waals surface area (Å²) in [5, 5.41) is 0. The number of rotatable bonds is 8. The predicted octanol–water partition coefficient (Wildman–Crippen LogP) is 3.18. The number of nitrogens with two attached hydrogens (primary N) is 1. The largest absolute Gasteiger partial charge is 0.330 e. The SMILES string of the molecule is CCC(c1nc2ccccc2n1CCCN)N(CC)CC. The van der Waals surface area contributed by atoms with Gasteiger partial charge in [-0.3, -0.25) is 4.90 Å². The van der Waals surface area contributed by atoms with Crippen molar-refractivity contribution >= 4 is 11.0 Å². The maximum Gasteiger partial charge on any atom is 0.127 e. The number of aryl methyl sites for hydroxylation is 1. The van der Waals surface area contributed by atoms with Gasteiger partial charge in [-0.1, -0.05) is 32.9 Å². The quantitative estimate of drug-likeness (QED) is 0.811. The van der Waals surface area contributed by atoms with Crippen LogP contribution in [0.1, 0.15) is 45.5 Å². The fourth-order valence-electron chi connectivity index (χ4n) is 3.10. The van der Waals surface area contributed by atoms with E-state index in [1.165, 1.54) is 11.3 Å². The van der Waals surface area contributed by atoms with Crippen LogP contribution >= 0.6 is 0 Å². The first-order valence-corrected chi connectivity index (χ1v) is 8.16.